The van der Waals surface area contributed by atoms with Gasteiger partial charge in [-0.05, 0) is 41.0 Å². The molecule has 0 radical (unpaired) electrons. The van der Waals surface area contributed by atoms with Gasteiger partial charge in [0.15, 0.2) is 0 Å². The number of hydrogen-bond acceptors (Lipinski definition) is 2. The van der Waals surface area contributed by atoms with Crippen molar-refractivity contribution < 1.29 is 14.3 Å². The van der Waals surface area contributed by atoms with E-state index >= 15 is 0 Å². The van der Waals surface area contributed by atoms with Crippen molar-refractivity contribution in [2.75, 3.05) is 11.9 Å². The second-order valence-corrected chi connectivity index (χ2v) is 5.31. The Labute approximate surface area is 133 Å². The summed E-state index contributed by atoms with van der Waals surface area (Å²) in [5.74, 6) is -1.69. The van der Waals surface area contributed by atoms with Gasteiger partial charge in [0.1, 0.15) is 5.82 Å². The van der Waals surface area contributed by atoms with Gasteiger partial charge in [-0.25, -0.2) is 9.18 Å². The molecular weight excluding hydrogens is 293 g/mol. The first-order valence-corrected chi connectivity index (χ1v) is 7.38. The quantitative estimate of drug-likeness (QED) is 0.737. The average Bonchev–Trinajstić information content (AvgIpc) is 2.56. The molecule has 0 bridgehead atoms. The van der Waals surface area contributed by atoms with E-state index in [4.69, 9.17) is 5.11 Å². The molecule has 0 saturated heterocycles. The fourth-order valence-corrected chi connectivity index (χ4v) is 2.63. The second-order valence-electron chi connectivity index (χ2n) is 5.31. The summed E-state index contributed by atoms with van der Waals surface area (Å²) in [4.78, 5) is 10.8. The van der Waals surface area contributed by atoms with Crippen molar-refractivity contribution in [3.8, 4) is 0 Å². The Morgan fingerprint density at radius 1 is 1.04 bits per heavy atom. The Balaban J connectivity index is 1.71. The van der Waals surface area contributed by atoms with Gasteiger partial charge < -0.3 is 10.4 Å². The maximum absolute atomic E-state index is 13.9. The van der Waals surface area contributed by atoms with Crippen molar-refractivity contribution in [3.05, 3.63) is 77.6 Å². The van der Waals surface area contributed by atoms with Crippen LogP contribution < -0.4 is 5.32 Å². The molecule has 3 rings (SSSR count). The summed E-state index contributed by atoms with van der Waals surface area (Å²) in [7, 11) is 0. The van der Waals surface area contributed by atoms with E-state index in [0.717, 1.165) is 12.5 Å². The maximum Gasteiger partial charge on any atom is 0.335 e. The molecule has 3 aromatic carbocycles. The van der Waals surface area contributed by atoms with Crippen LogP contribution >= 0.6 is 0 Å². The first-order chi connectivity index (χ1) is 11.1. The van der Waals surface area contributed by atoms with E-state index in [-0.39, 0.29) is 5.56 Å². The molecule has 0 saturated carbocycles. The van der Waals surface area contributed by atoms with Crippen LogP contribution in [0.25, 0.3) is 10.8 Å². The largest absolute Gasteiger partial charge is 0.478 e. The normalized spacial score (nSPS) is 10.7. The summed E-state index contributed by atoms with van der Waals surface area (Å²) in [6.45, 7) is 0.567. The van der Waals surface area contributed by atoms with Crippen molar-refractivity contribution in [2.45, 2.75) is 6.42 Å². The summed E-state index contributed by atoms with van der Waals surface area (Å²) in [5.41, 5.74) is 1.45. The molecule has 0 aliphatic heterocycles. The van der Waals surface area contributed by atoms with Crippen LogP contribution in [0.1, 0.15) is 15.9 Å². The predicted molar refractivity (Wildman–Crippen MR) is 89.5 cm³/mol. The Kier molecular flexibility index (Phi) is 4.24. The van der Waals surface area contributed by atoms with E-state index in [9.17, 15) is 9.18 Å². The number of halogens is 1. The number of fused-ring (bicyclic) bond motifs is 1. The third kappa shape index (κ3) is 3.31. The molecule has 0 aromatic heterocycles. The molecule has 0 fully saturated rings. The van der Waals surface area contributed by atoms with Crippen molar-refractivity contribution in [1.82, 2.24) is 0 Å². The molecule has 3 nitrogen and oxygen atoms in total. The van der Waals surface area contributed by atoms with Gasteiger partial charge in [0.2, 0.25) is 0 Å². The summed E-state index contributed by atoms with van der Waals surface area (Å²) in [6, 6.07) is 18.2. The van der Waals surface area contributed by atoms with Crippen LogP contribution in [0.5, 0.6) is 0 Å². The molecule has 2 N–H and O–H groups in total. The van der Waals surface area contributed by atoms with Crippen LogP contribution in [0.4, 0.5) is 10.1 Å². The van der Waals surface area contributed by atoms with Crippen LogP contribution in [0.15, 0.2) is 60.7 Å². The number of benzene rings is 3. The van der Waals surface area contributed by atoms with E-state index in [0.29, 0.717) is 12.2 Å². The molecule has 23 heavy (non-hydrogen) atoms. The SMILES string of the molecule is O=C(O)c1ccc(NCCc2cccc3ccccc23)c(F)c1. The van der Waals surface area contributed by atoms with Gasteiger partial charge in [-0.3, -0.25) is 0 Å². The zero-order valence-corrected chi connectivity index (χ0v) is 12.4. The Bertz CT molecular complexity index is 856. The number of carboxylic acids is 1. The third-order valence-electron chi connectivity index (χ3n) is 3.81. The summed E-state index contributed by atoms with van der Waals surface area (Å²) in [5, 5.41) is 14.2. The molecule has 0 amide bonds. The summed E-state index contributed by atoms with van der Waals surface area (Å²) >= 11 is 0. The fourth-order valence-electron chi connectivity index (χ4n) is 2.63. The number of anilines is 1. The smallest absolute Gasteiger partial charge is 0.335 e. The number of rotatable bonds is 5. The van der Waals surface area contributed by atoms with E-state index in [2.05, 4.69) is 29.6 Å². The van der Waals surface area contributed by atoms with Gasteiger partial charge in [0, 0.05) is 6.54 Å². The van der Waals surface area contributed by atoms with E-state index in [1.165, 1.54) is 28.5 Å². The topological polar surface area (TPSA) is 49.3 Å². The lowest BCUT2D eigenvalue weighted by Gasteiger charge is -2.10. The Hall–Kier alpha value is -2.88. The number of hydrogen-bond donors (Lipinski definition) is 2. The molecule has 4 heteroatoms. The van der Waals surface area contributed by atoms with E-state index in [1.807, 2.05) is 18.2 Å². The highest BCUT2D eigenvalue weighted by Gasteiger charge is 2.08. The van der Waals surface area contributed by atoms with Gasteiger partial charge in [0.05, 0.1) is 11.3 Å². The minimum Gasteiger partial charge on any atom is -0.478 e. The molecule has 0 spiro atoms. The van der Waals surface area contributed by atoms with Gasteiger partial charge in [-0.15, -0.1) is 0 Å². The van der Waals surface area contributed by atoms with E-state index < -0.39 is 11.8 Å². The van der Waals surface area contributed by atoms with Crippen molar-refractivity contribution in [3.63, 3.8) is 0 Å². The molecule has 0 heterocycles. The zero-order valence-electron chi connectivity index (χ0n) is 12.4. The van der Waals surface area contributed by atoms with Crippen molar-refractivity contribution in [2.24, 2.45) is 0 Å². The highest BCUT2D eigenvalue weighted by atomic mass is 19.1. The number of nitrogens with one attached hydrogen (secondary N) is 1. The minimum absolute atomic E-state index is 0.0536. The molecule has 0 aliphatic carbocycles. The number of carboxylic acid groups (broad SMARTS) is 1. The second kappa shape index (κ2) is 6.48. The standard InChI is InChI=1S/C19H16FNO2/c20-17-12-15(19(22)23)8-9-18(17)21-11-10-14-6-3-5-13-4-1-2-7-16(13)14/h1-9,12,21H,10-11H2,(H,22,23). The highest BCUT2D eigenvalue weighted by Crippen LogP contribution is 2.20. The molecular formula is C19H16FNO2. The molecule has 116 valence electrons. The van der Waals surface area contributed by atoms with Crippen molar-refractivity contribution in [1.29, 1.82) is 0 Å². The van der Waals surface area contributed by atoms with Crippen LogP contribution in [-0.4, -0.2) is 17.6 Å². The predicted octanol–water partition coefficient (Wildman–Crippen LogP) is 4.33. The summed E-state index contributed by atoms with van der Waals surface area (Å²) < 4.78 is 13.9. The molecule has 0 atom stereocenters. The number of aromatic carboxylic acids is 1. The lowest BCUT2D eigenvalue weighted by molar-refractivity contribution is 0.0696. The van der Waals surface area contributed by atoms with Crippen LogP contribution in [0.2, 0.25) is 0 Å². The van der Waals surface area contributed by atoms with Crippen LogP contribution in [-0.2, 0) is 6.42 Å². The first-order valence-electron chi connectivity index (χ1n) is 7.38. The van der Waals surface area contributed by atoms with Gasteiger partial charge in [-0.2, -0.15) is 0 Å². The molecule has 3 aromatic rings. The highest BCUT2D eigenvalue weighted by molar-refractivity contribution is 5.88. The van der Waals surface area contributed by atoms with Crippen molar-refractivity contribution >= 4 is 22.4 Å². The fraction of sp³-hybridized carbons (Fsp3) is 0.105. The Morgan fingerprint density at radius 3 is 2.61 bits per heavy atom. The lowest BCUT2D eigenvalue weighted by Crippen LogP contribution is -2.07. The average molecular weight is 309 g/mol. The summed E-state index contributed by atoms with van der Waals surface area (Å²) in [6.07, 6.45) is 0.751. The van der Waals surface area contributed by atoms with Crippen LogP contribution in [0, 0.1) is 5.82 Å². The first kappa shape index (κ1) is 15.0. The van der Waals surface area contributed by atoms with Crippen LogP contribution in [0.3, 0.4) is 0 Å². The zero-order chi connectivity index (χ0) is 16.2. The van der Waals surface area contributed by atoms with Gasteiger partial charge in [-0.1, -0.05) is 42.5 Å². The van der Waals surface area contributed by atoms with E-state index in [1.54, 1.807) is 0 Å². The minimum atomic E-state index is -1.13. The molecule has 0 unspecified atom stereocenters. The monoisotopic (exact) mass is 309 g/mol. The van der Waals surface area contributed by atoms with Gasteiger partial charge >= 0.3 is 5.97 Å². The lowest BCUT2D eigenvalue weighted by atomic mass is 10.0. The number of carbonyl (C=O) groups is 1. The Morgan fingerprint density at radius 2 is 1.83 bits per heavy atom. The van der Waals surface area contributed by atoms with Gasteiger partial charge in [0.25, 0.3) is 0 Å². The third-order valence-corrected chi connectivity index (χ3v) is 3.81. The molecule has 0 aliphatic rings. The maximum atomic E-state index is 13.9.